The number of alkyl halides is 1. The molecular formula is C15H15F3O5S. The van der Waals surface area contributed by atoms with Crippen LogP contribution in [0.15, 0.2) is 23.1 Å². The van der Waals surface area contributed by atoms with E-state index in [4.69, 9.17) is 0 Å². The molecule has 0 bridgehead atoms. The van der Waals surface area contributed by atoms with Gasteiger partial charge in [0.15, 0.2) is 11.6 Å². The number of Topliss-reactive ketones (excluding diaryl/α,β-unsaturated/α-hetero) is 1. The van der Waals surface area contributed by atoms with Crippen LogP contribution < -0.4 is 0 Å². The summed E-state index contributed by atoms with van der Waals surface area (Å²) in [7, 11) is -4.27. The summed E-state index contributed by atoms with van der Waals surface area (Å²) in [6, 6.07) is 1.48. The molecule has 0 aromatic heterocycles. The van der Waals surface area contributed by atoms with Gasteiger partial charge in [0.1, 0.15) is 5.78 Å². The second-order valence-corrected chi connectivity index (χ2v) is 7.62. The molecule has 0 aliphatic heterocycles. The molecule has 2 atom stereocenters. The van der Waals surface area contributed by atoms with Crippen molar-refractivity contribution in [3.63, 3.8) is 0 Å². The normalized spacial score (nSPS) is 21.2. The van der Waals surface area contributed by atoms with Gasteiger partial charge in [-0.1, -0.05) is 0 Å². The fourth-order valence-electron chi connectivity index (χ4n) is 2.79. The van der Waals surface area contributed by atoms with Gasteiger partial charge in [-0.15, -0.1) is 0 Å². The summed E-state index contributed by atoms with van der Waals surface area (Å²) in [5, 5.41) is -3.55. The molecule has 1 aliphatic carbocycles. The predicted octanol–water partition coefficient (Wildman–Crippen LogP) is 2.34. The van der Waals surface area contributed by atoms with Crippen LogP contribution in [0.2, 0.25) is 0 Å². The standard InChI is InChI=1S/C15H15F3O5S/c1-23-14(20)15(18,9-3-2-4-10(19)7-9)24(21,22)11-5-6-12(16)13(17)8-11/h5-6,8-9H,2-4,7H2,1H3. The summed E-state index contributed by atoms with van der Waals surface area (Å²) in [4.78, 5) is 22.6. The first-order valence-corrected chi connectivity index (χ1v) is 8.61. The van der Waals surface area contributed by atoms with Crippen LogP contribution in [0.25, 0.3) is 0 Å². The van der Waals surface area contributed by atoms with Crippen molar-refractivity contribution in [3.8, 4) is 0 Å². The fraction of sp³-hybridized carbons (Fsp3) is 0.467. The molecule has 1 aliphatic rings. The molecule has 1 saturated carbocycles. The highest BCUT2D eigenvalue weighted by molar-refractivity contribution is 7.93. The molecular weight excluding hydrogens is 349 g/mol. The molecule has 0 N–H and O–H groups in total. The van der Waals surface area contributed by atoms with Gasteiger partial charge in [-0.25, -0.2) is 26.4 Å². The molecule has 0 spiro atoms. The van der Waals surface area contributed by atoms with Crippen LogP contribution in [0.1, 0.15) is 25.7 Å². The lowest BCUT2D eigenvalue weighted by molar-refractivity contribution is -0.152. The number of benzene rings is 1. The molecule has 2 rings (SSSR count). The molecule has 5 nitrogen and oxygen atoms in total. The largest absolute Gasteiger partial charge is 0.466 e. The van der Waals surface area contributed by atoms with Crippen LogP contribution in [0.4, 0.5) is 13.2 Å². The molecule has 24 heavy (non-hydrogen) atoms. The second-order valence-electron chi connectivity index (χ2n) is 5.55. The van der Waals surface area contributed by atoms with Crippen molar-refractivity contribution >= 4 is 21.6 Å². The van der Waals surface area contributed by atoms with Crippen molar-refractivity contribution in [1.82, 2.24) is 0 Å². The fourth-order valence-corrected chi connectivity index (χ4v) is 4.58. The quantitative estimate of drug-likeness (QED) is 0.605. The zero-order valence-corrected chi connectivity index (χ0v) is 13.5. The highest BCUT2D eigenvalue weighted by atomic mass is 32.2. The van der Waals surface area contributed by atoms with Crippen molar-refractivity contribution in [2.75, 3.05) is 7.11 Å². The number of hydrogen-bond acceptors (Lipinski definition) is 5. The van der Waals surface area contributed by atoms with Gasteiger partial charge in [0, 0.05) is 18.8 Å². The number of carbonyl (C=O) groups excluding carboxylic acids is 2. The topological polar surface area (TPSA) is 77.5 Å². The third-order valence-electron chi connectivity index (χ3n) is 4.06. The zero-order chi connectivity index (χ0) is 18.1. The van der Waals surface area contributed by atoms with Crippen molar-refractivity contribution in [2.45, 2.75) is 35.6 Å². The molecule has 0 amide bonds. The Labute approximate surface area is 136 Å². The van der Waals surface area contributed by atoms with E-state index in [1.165, 1.54) is 0 Å². The zero-order valence-electron chi connectivity index (χ0n) is 12.7. The van der Waals surface area contributed by atoms with Crippen LogP contribution in [0.5, 0.6) is 0 Å². The number of carbonyl (C=O) groups is 2. The number of rotatable bonds is 4. The number of hydrogen-bond donors (Lipinski definition) is 0. The highest BCUT2D eigenvalue weighted by Gasteiger charge is 2.59. The third-order valence-corrected chi connectivity index (χ3v) is 6.22. The van der Waals surface area contributed by atoms with Crippen molar-refractivity contribution in [2.24, 2.45) is 5.92 Å². The van der Waals surface area contributed by atoms with Gasteiger partial charge in [0.25, 0.3) is 0 Å². The lowest BCUT2D eigenvalue weighted by Gasteiger charge is -2.32. The first kappa shape index (κ1) is 18.4. The summed E-state index contributed by atoms with van der Waals surface area (Å²) >= 11 is 0. The Balaban J connectivity index is 2.59. The van der Waals surface area contributed by atoms with Crippen LogP contribution in [-0.4, -0.2) is 32.3 Å². The van der Waals surface area contributed by atoms with Gasteiger partial charge in [-0.3, -0.25) is 4.79 Å². The molecule has 2 unspecified atom stereocenters. The lowest BCUT2D eigenvalue weighted by Crippen LogP contribution is -2.51. The van der Waals surface area contributed by atoms with E-state index in [-0.39, 0.29) is 25.0 Å². The molecule has 1 aromatic rings. The number of esters is 1. The maximum Gasteiger partial charge on any atom is 0.360 e. The van der Waals surface area contributed by atoms with Gasteiger partial charge in [-0.05, 0) is 31.0 Å². The second kappa shape index (κ2) is 6.54. The summed E-state index contributed by atoms with van der Waals surface area (Å²) in [6.45, 7) is 0. The van der Waals surface area contributed by atoms with Gasteiger partial charge in [0.05, 0.1) is 12.0 Å². The van der Waals surface area contributed by atoms with Crippen LogP contribution in [0.3, 0.4) is 0 Å². The minimum atomic E-state index is -5.07. The highest BCUT2D eigenvalue weighted by Crippen LogP contribution is 2.42. The Kier molecular flexibility index (Phi) is 5.03. The van der Waals surface area contributed by atoms with Crippen molar-refractivity contribution in [3.05, 3.63) is 29.8 Å². The first-order valence-electron chi connectivity index (χ1n) is 7.13. The van der Waals surface area contributed by atoms with Gasteiger partial charge in [0.2, 0.25) is 9.84 Å². The molecule has 0 heterocycles. The molecule has 0 radical (unpaired) electrons. The predicted molar refractivity (Wildman–Crippen MR) is 76.4 cm³/mol. The number of ether oxygens (including phenoxy) is 1. The average molecular weight is 364 g/mol. The Morgan fingerprint density at radius 1 is 1.29 bits per heavy atom. The minimum absolute atomic E-state index is 0.0275. The Morgan fingerprint density at radius 2 is 1.96 bits per heavy atom. The minimum Gasteiger partial charge on any atom is -0.466 e. The summed E-state index contributed by atoms with van der Waals surface area (Å²) in [5.41, 5.74) is 0. The lowest BCUT2D eigenvalue weighted by atomic mass is 9.84. The maximum absolute atomic E-state index is 15.5. The molecule has 9 heteroatoms. The first-order chi connectivity index (χ1) is 11.1. The van der Waals surface area contributed by atoms with Crippen molar-refractivity contribution < 1.29 is 35.9 Å². The summed E-state index contributed by atoms with van der Waals surface area (Å²) < 4.78 is 71.5. The van der Waals surface area contributed by atoms with Crippen LogP contribution >= 0.6 is 0 Å². The number of ketones is 1. The summed E-state index contributed by atoms with van der Waals surface area (Å²) in [6.07, 6.45) is -0.0901. The molecule has 0 saturated heterocycles. The Morgan fingerprint density at radius 3 is 2.50 bits per heavy atom. The van der Waals surface area contributed by atoms with E-state index in [0.717, 1.165) is 7.11 Å². The molecule has 1 aromatic carbocycles. The number of halogens is 3. The Bertz CT molecular complexity index is 777. The van der Waals surface area contributed by atoms with Gasteiger partial charge in [-0.2, -0.15) is 0 Å². The molecule has 132 valence electrons. The van der Waals surface area contributed by atoms with E-state index < -0.39 is 49.7 Å². The monoisotopic (exact) mass is 364 g/mol. The van der Waals surface area contributed by atoms with E-state index in [1.807, 2.05) is 0 Å². The van der Waals surface area contributed by atoms with Crippen LogP contribution in [0, 0.1) is 17.6 Å². The van der Waals surface area contributed by atoms with E-state index >= 15 is 4.39 Å². The van der Waals surface area contributed by atoms with E-state index in [0.29, 0.717) is 18.2 Å². The average Bonchev–Trinajstić information content (AvgIpc) is 2.55. The maximum atomic E-state index is 15.5. The van der Waals surface area contributed by atoms with Crippen molar-refractivity contribution in [1.29, 1.82) is 0 Å². The number of methoxy groups -OCH3 is 1. The van der Waals surface area contributed by atoms with E-state index in [9.17, 15) is 26.8 Å². The summed E-state index contributed by atoms with van der Waals surface area (Å²) in [5.74, 6) is -6.33. The van der Waals surface area contributed by atoms with Gasteiger partial charge < -0.3 is 4.74 Å². The Hall–Kier alpha value is -1.90. The van der Waals surface area contributed by atoms with Crippen LogP contribution in [-0.2, 0) is 24.2 Å². The van der Waals surface area contributed by atoms with Gasteiger partial charge >= 0.3 is 11.0 Å². The van der Waals surface area contributed by atoms with E-state index in [1.54, 1.807) is 0 Å². The molecule has 1 fully saturated rings. The smallest absolute Gasteiger partial charge is 0.360 e. The SMILES string of the molecule is COC(=O)C(F)(C1CCCC(=O)C1)S(=O)(=O)c1ccc(F)c(F)c1. The van der Waals surface area contributed by atoms with E-state index in [2.05, 4.69) is 4.74 Å². The third kappa shape index (κ3) is 2.92. The number of sulfone groups is 1.